The van der Waals surface area contributed by atoms with Crippen molar-refractivity contribution in [2.75, 3.05) is 5.75 Å². The van der Waals surface area contributed by atoms with Crippen molar-refractivity contribution in [3.63, 3.8) is 0 Å². The van der Waals surface area contributed by atoms with E-state index in [1.807, 2.05) is 0 Å². The first-order valence-corrected chi connectivity index (χ1v) is 8.61. The van der Waals surface area contributed by atoms with Gasteiger partial charge in [0.2, 0.25) is 0 Å². The Morgan fingerprint density at radius 3 is 2.12 bits per heavy atom. The average Bonchev–Trinajstić information content (AvgIpc) is 2.35. The summed E-state index contributed by atoms with van der Waals surface area (Å²) in [7, 11) is 0. The third-order valence-corrected chi connectivity index (χ3v) is 4.79. The van der Waals surface area contributed by atoms with Gasteiger partial charge < -0.3 is 0 Å². The van der Waals surface area contributed by atoms with E-state index in [1.165, 1.54) is 62.3 Å². The van der Waals surface area contributed by atoms with Crippen LogP contribution in [0.4, 0.5) is 0 Å². The van der Waals surface area contributed by atoms with Gasteiger partial charge >= 0.3 is 0 Å². The van der Waals surface area contributed by atoms with Crippen LogP contribution in [-0.4, -0.2) is 5.75 Å². The first-order valence-electron chi connectivity index (χ1n) is 7.18. The second-order valence-corrected chi connectivity index (χ2v) is 6.22. The molecule has 0 aromatic carbocycles. The van der Waals surface area contributed by atoms with Gasteiger partial charge in [-0.25, -0.2) is 0 Å². The third kappa shape index (κ3) is 11.4. The molecule has 0 aromatic rings. The maximum atomic E-state index is 4.30. The molecule has 0 nitrogen and oxygen atoms in total. The Hall–Kier alpha value is 0.570. The van der Waals surface area contributed by atoms with E-state index in [4.69, 9.17) is 0 Å². The highest BCUT2D eigenvalue weighted by Gasteiger charge is 2.01. The number of unbranched alkanes of at least 4 members (excludes halogenated alkanes) is 8. The van der Waals surface area contributed by atoms with Gasteiger partial charge in [-0.05, 0) is 29.0 Å². The van der Waals surface area contributed by atoms with Crippen molar-refractivity contribution < 1.29 is 0 Å². The van der Waals surface area contributed by atoms with Gasteiger partial charge in [-0.15, -0.1) is 0 Å². The fourth-order valence-electron chi connectivity index (χ4n) is 1.81. The first-order chi connectivity index (χ1) is 8.22. The van der Waals surface area contributed by atoms with Gasteiger partial charge in [-0.2, -0.15) is 12.6 Å². The Morgan fingerprint density at radius 2 is 1.59 bits per heavy atom. The van der Waals surface area contributed by atoms with Crippen molar-refractivity contribution in [2.45, 2.75) is 71.6 Å². The van der Waals surface area contributed by atoms with Crippen LogP contribution in [0.15, 0.2) is 10.6 Å². The van der Waals surface area contributed by atoms with Crippen LogP contribution < -0.4 is 0 Å². The topological polar surface area (TPSA) is 0 Å². The molecule has 17 heavy (non-hydrogen) atoms. The van der Waals surface area contributed by atoms with Crippen molar-refractivity contribution in [2.24, 2.45) is 5.92 Å². The summed E-state index contributed by atoms with van der Waals surface area (Å²) < 4.78 is 1.33. The molecule has 2 heteroatoms. The van der Waals surface area contributed by atoms with Crippen LogP contribution in [0.1, 0.15) is 71.6 Å². The molecule has 0 aliphatic carbocycles. The van der Waals surface area contributed by atoms with Crippen LogP contribution in [0.2, 0.25) is 0 Å². The lowest BCUT2D eigenvalue weighted by Gasteiger charge is -2.06. The fourth-order valence-corrected chi connectivity index (χ4v) is 2.64. The molecule has 0 spiro atoms. The van der Waals surface area contributed by atoms with Gasteiger partial charge in [0.1, 0.15) is 0 Å². The zero-order chi connectivity index (χ0) is 12.9. The minimum atomic E-state index is 0.562. The van der Waals surface area contributed by atoms with E-state index in [0.29, 0.717) is 5.92 Å². The maximum Gasteiger partial charge on any atom is -0.00265 e. The normalized spacial score (nSPS) is 14.0. The predicted molar refractivity (Wildman–Crippen MR) is 87.3 cm³/mol. The van der Waals surface area contributed by atoms with Gasteiger partial charge in [0.25, 0.3) is 0 Å². The second kappa shape index (κ2) is 13.0. The van der Waals surface area contributed by atoms with E-state index in [2.05, 4.69) is 48.5 Å². The zero-order valence-electron chi connectivity index (χ0n) is 11.6. The molecule has 0 rings (SSSR count). The lowest BCUT2D eigenvalue weighted by Crippen LogP contribution is -1.94. The van der Waals surface area contributed by atoms with E-state index >= 15 is 0 Å². The highest BCUT2D eigenvalue weighted by atomic mass is 79.9. The molecule has 0 radical (unpaired) electrons. The summed E-state index contributed by atoms with van der Waals surface area (Å²) in [5.41, 5.74) is 0. The van der Waals surface area contributed by atoms with Crippen LogP contribution in [0.25, 0.3) is 0 Å². The summed E-state index contributed by atoms with van der Waals surface area (Å²) in [6.07, 6.45) is 14.7. The van der Waals surface area contributed by atoms with Gasteiger partial charge in [0.15, 0.2) is 0 Å². The zero-order valence-corrected chi connectivity index (χ0v) is 14.0. The molecular formula is C15H29BrS. The Morgan fingerprint density at radius 1 is 1.06 bits per heavy atom. The number of hydrogen-bond donors (Lipinski definition) is 1. The molecule has 0 saturated heterocycles. The monoisotopic (exact) mass is 320 g/mol. The molecule has 1 atom stereocenters. The number of halogens is 1. The summed E-state index contributed by atoms with van der Waals surface area (Å²) in [6.45, 7) is 4.48. The minimum absolute atomic E-state index is 0.562. The lowest BCUT2D eigenvalue weighted by molar-refractivity contribution is 0.577. The molecule has 1 unspecified atom stereocenters. The van der Waals surface area contributed by atoms with Gasteiger partial charge in [0.05, 0.1) is 0 Å². The van der Waals surface area contributed by atoms with Crippen molar-refractivity contribution >= 4 is 28.6 Å². The Kier molecular flexibility index (Phi) is 13.4. The SMILES string of the molecule is CCCCCCCCCC/C=C(\Br)C(C)CS. The molecule has 0 saturated carbocycles. The van der Waals surface area contributed by atoms with Crippen LogP contribution >= 0.6 is 28.6 Å². The molecule has 0 N–H and O–H groups in total. The molecule has 0 aliphatic heterocycles. The Balaban J connectivity index is 3.28. The molecule has 102 valence electrons. The van der Waals surface area contributed by atoms with Gasteiger partial charge in [-0.1, -0.05) is 80.8 Å². The van der Waals surface area contributed by atoms with E-state index in [1.54, 1.807) is 0 Å². The number of hydrogen-bond acceptors (Lipinski definition) is 1. The maximum absolute atomic E-state index is 4.30. The summed E-state index contributed by atoms with van der Waals surface area (Å²) in [5.74, 6) is 1.49. The summed E-state index contributed by atoms with van der Waals surface area (Å²) >= 11 is 7.93. The second-order valence-electron chi connectivity index (χ2n) is 4.94. The van der Waals surface area contributed by atoms with Crippen LogP contribution in [0.5, 0.6) is 0 Å². The number of rotatable bonds is 11. The van der Waals surface area contributed by atoms with Crippen LogP contribution in [0, 0.1) is 5.92 Å². The molecule has 0 heterocycles. The van der Waals surface area contributed by atoms with Crippen molar-refractivity contribution in [1.29, 1.82) is 0 Å². The highest BCUT2D eigenvalue weighted by molar-refractivity contribution is 9.11. The summed E-state index contributed by atoms with van der Waals surface area (Å²) in [6, 6.07) is 0. The molecule has 0 aromatic heterocycles. The number of allylic oxidation sites excluding steroid dienone is 2. The van der Waals surface area contributed by atoms with E-state index < -0.39 is 0 Å². The average molecular weight is 321 g/mol. The molecule has 0 aliphatic rings. The molecule has 0 bridgehead atoms. The smallest absolute Gasteiger partial charge is 0.00265 e. The third-order valence-electron chi connectivity index (χ3n) is 3.14. The molecular weight excluding hydrogens is 292 g/mol. The van der Waals surface area contributed by atoms with E-state index in [9.17, 15) is 0 Å². The first kappa shape index (κ1) is 17.6. The number of thiol groups is 1. The van der Waals surface area contributed by atoms with Crippen LogP contribution in [-0.2, 0) is 0 Å². The Labute approximate surface area is 122 Å². The standard InChI is InChI=1S/C15H29BrS/c1-3-4-5-6-7-8-9-10-11-12-15(16)14(2)13-17/h12,14,17H,3-11,13H2,1-2H3/b15-12-. The summed E-state index contributed by atoms with van der Waals surface area (Å²) in [5, 5.41) is 0. The van der Waals surface area contributed by atoms with Crippen LogP contribution in [0.3, 0.4) is 0 Å². The quantitative estimate of drug-likeness (QED) is 0.332. The van der Waals surface area contributed by atoms with Crippen molar-refractivity contribution in [1.82, 2.24) is 0 Å². The van der Waals surface area contributed by atoms with Crippen molar-refractivity contribution in [3.05, 3.63) is 10.6 Å². The predicted octanol–water partition coefficient (Wildman–Crippen LogP) is 6.36. The van der Waals surface area contributed by atoms with Crippen molar-refractivity contribution in [3.8, 4) is 0 Å². The Bertz CT molecular complexity index is 189. The highest BCUT2D eigenvalue weighted by Crippen LogP contribution is 2.20. The molecule has 0 fully saturated rings. The van der Waals surface area contributed by atoms with Gasteiger partial charge in [-0.3, -0.25) is 0 Å². The fraction of sp³-hybridized carbons (Fsp3) is 0.867. The molecule has 0 amide bonds. The summed E-state index contributed by atoms with van der Waals surface area (Å²) in [4.78, 5) is 0. The van der Waals surface area contributed by atoms with Gasteiger partial charge in [0, 0.05) is 0 Å². The lowest BCUT2D eigenvalue weighted by atomic mass is 10.1. The largest absolute Gasteiger partial charge is 0.179 e. The minimum Gasteiger partial charge on any atom is -0.179 e. The van der Waals surface area contributed by atoms with E-state index in [-0.39, 0.29) is 0 Å². The van der Waals surface area contributed by atoms with E-state index in [0.717, 1.165) is 5.75 Å².